The Balaban J connectivity index is 1.59. The number of nitrogens with one attached hydrogen (secondary N) is 1. The van der Waals surface area contributed by atoms with Crippen LogP contribution in [-0.4, -0.2) is 47.2 Å². The van der Waals surface area contributed by atoms with Gasteiger partial charge in [-0.2, -0.15) is 18.3 Å². The second kappa shape index (κ2) is 11.7. The molecule has 1 aromatic heterocycles. The number of aliphatic hydroxyl groups excluding tert-OH is 1. The van der Waals surface area contributed by atoms with Gasteiger partial charge in [-0.1, -0.05) is 0 Å². The predicted molar refractivity (Wildman–Crippen MR) is 133 cm³/mol. The molecule has 1 heterocycles. The number of aliphatic hydroxyl groups is 1. The molecular formula is C27H29F5N4O3. The Bertz CT molecular complexity index is 1290. The minimum Gasteiger partial charge on any atom is -0.497 e. The monoisotopic (exact) mass is 552 g/mol. The number of carbonyl (C=O) groups is 1. The molecule has 0 aliphatic heterocycles. The third-order valence-electron chi connectivity index (χ3n) is 6.72. The normalized spacial score (nSPS) is 15.0. The number of aromatic nitrogens is 2. The number of nitrogens with zero attached hydrogens (tertiary/aromatic N) is 3. The van der Waals surface area contributed by atoms with Gasteiger partial charge < -0.3 is 14.7 Å². The van der Waals surface area contributed by atoms with Crippen LogP contribution in [0.1, 0.15) is 35.4 Å². The number of anilines is 1. The fraction of sp³-hybridized carbons (Fsp3) is 0.407. The molecule has 1 aliphatic carbocycles. The van der Waals surface area contributed by atoms with E-state index in [0.29, 0.717) is 42.5 Å². The zero-order chi connectivity index (χ0) is 28.3. The van der Waals surface area contributed by atoms with Crippen LogP contribution >= 0.6 is 0 Å². The van der Waals surface area contributed by atoms with E-state index in [2.05, 4.69) is 10.4 Å². The lowest BCUT2D eigenvalue weighted by molar-refractivity contribution is -0.142. The molecule has 39 heavy (non-hydrogen) atoms. The Hall–Kier alpha value is -3.51. The van der Waals surface area contributed by atoms with Crippen molar-refractivity contribution < 1.29 is 36.6 Å². The van der Waals surface area contributed by atoms with Gasteiger partial charge >= 0.3 is 6.18 Å². The van der Waals surface area contributed by atoms with Gasteiger partial charge in [0, 0.05) is 30.1 Å². The van der Waals surface area contributed by atoms with Crippen molar-refractivity contribution in [1.29, 1.82) is 0 Å². The predicted octanol–water partition coefficient (Wildman–Crippen LogP) is 4.25. The van der Waals surface area contributed by atoms with Gasteiger partial charge in [-0.05, 0) is 74.1 Å². The highest BCUT2D eigenvalue weighted by atomic mass is 19.4. The molecule has 1 unspecified atom stereocenters. The number of hydrogen-bond donors (Lipinski definition) is 2. The summed E-state index contributed by atoms with van der Waals surface area (Å²) in [7, 11) is 2.99. The molecule has 0 spiro atoms. The maximum Gasteiger partial charge on any atom is 0.435 e. The lowest BCUT2D eigenvalue weighted by Gasteiger charge is -2.27. The van der Waals surface area contributed by atoms with E-state index in [0.717, 1.165) is 16.8 Å². The Morgan fingerprint density at radius 2 is 1.77 bits per heavy atom. The van der Waals surface area contributed by atoms with E-state index in [9.17, 15) is 31.9 Å². The maximum absolute atomic E-state index is 13.9. The van der Waals surface area contributed by atoms with Gasteiger partial charge in [0.1, 0.15) is 23.6 Å². The molecule has 0 fully saturated rings. The van der Waals surface area contributed by atoms with E-state index in [1.807, 2.05) is 0 Å². The minimum atomic E-state index is -4.63. The first-order valence-electron chi connectivity index (χ1n) is 12.4. The van der Waals surface area contributed by atoms with Crippen molar-refractivity contribution in [1.82, 2.24) is 15.1 Å². The van der Waals surface area contributed by atoms with E-state index >= 15 is 0 Å². The third-order valence-corrected chi connectivity index (χ3v) is 6.72. The van der Waals surface area contributed by atoms with Crippen molar-refractivity contribution in [2.24, 2.45) is 0 Å². The first-order valence-corrected chi connectivity index (χ1v) is 12.4. The van der Waals surface area contributed by atoms with Crippen LogP contribution < -0.4 is 15.0 Å². The Morgan fingerprint density at radius 3 is 2.38 bits per heavy atom. The molecule has 0 saturated heterocycles. The third kappa shape index (κ3) is 6.74. The number of alkyl halides is 3. The highest BCUT2D eigenvalue weighted by Crippen LogP contribution is 2.36. The Labute approximate surface area is 222 Å². The Morgan fingerprint density at radius 1 is 1.13 bits per heavy atom. The molecule has 0 bridgehead atoms. The number of benzene rings is 2. The van der Waals surface area contributed by atoms with Crippen LogP contribution in [0.25, 0.3) is 0 Å². The number of likely N-dealkylation sites (N-methyl/N-ethyl adjacent to an activating group) is 1. The van der Waals surface area contributed by atoms with Gasteiger partial charge in [-0.15, -0.1) is 0 Å². The van der Waals surface area contributed by atoms with E-state index in [-0.39, 0.29) is 30.5 Å². The van der Waals surface area contributed by atoms with Gasteiger partial charge in [0.25, 0.3) is 0 Å². The van der Waals surface area contributed by atoms with E-state index in [1.165, 1.54) is 19.1 Å². The number of methoxy groups -OCH3 is 1. The largest absolute Gasteiger partial charge is 0.497 e. The number of amides is 1. The molecule has 1 aliphatic rings. The summed E-state index contributed by atoms with van der Waals surface area (Å²) in [5, 5.41) is 17.3. The number of ether oxygens (including phenoxy) is 1. The van der Waals surface area contributed by atoms with Crippen LogP contribution in [0.2, 0.25) is 0 Å². The van der Waals surface area contributed by atoms with Gasteiger partial charge in [0.2, 0.25) is 5.91 Å². The summed E-state index contributed by atoms with van der Waals surface area (Å²) < 4.78 is 74.7. The number of hydrogen-bond acceptors (Lipinski definition) is 5. The fourth-order valence-electron chi connectivity index (χ4n) is 4.85. The lowest BCUT2D eigenvalue weighted by Crippen LogP contribution is -2.51. The zero-order valence-electron chi connectivity index (χ0n) is 21.4. The smallest absolute Gasteiger partial charge is 0.435 e. The second-order valence-electron chi connectivity index (χ2n) is 9.47. The number of rotatable bonds is 9. The highest BCUT2D eigenvalue weighted by molar-refractivity contribution is 5.97. The summed E-state index contributed by atoms with van der Waals surface area (Å²) in [5.41, 5.74) is 0.211. The molecule has 0 radical (unpaired) electrons. The van der Waals surface area contributed by atoms with Gasteiger partial charge in [0.15, 0.2) is 5.69 Å². The van der Waals surface area contributed by atoms with E-state index in [4.69, 9.17) is 4.74 Å². The van der Waals surface area contributed by atoms with E-state index in [1.54, 1.807) is 24.3 Å². The van der Waals surface area contributed by atoms with Gasteiger partial charge in [0.05, 0.1) is 19.7 Å². The topological polar surface area (TPSA) is 79.6 Å². The molecule has 2 aromatic carbocycles. The SMILES string of the molecule is COc1ccc(N(C)C(=O)[C@H](Cc2cc(F)cc(F)c2)NC(O)Cn2nc(C(F)(F)F)c3c2CCCC3)cc1. The standard InChI is InChI=1S/C27H29F5N4O3/c1-35(19-7-9-20(39-2)10-8-19)26(38)22(13-16-11-17(28)14-18(29)12-16)33-24(37)15-36-23-6-4-3-5-21(23)25(34-36)27(30,31)32/h7-12,14,22,24,33,37H,3-6,13,15H2,1-2H3/t22-,24?/m0/s1. The average Bonchev–Trinajstić information content (AvgIpc) is 3.26. The summed E-state index contributed by atoms with van der Waals surface area (Å²) in [6.45, 7) is -0.355. The molecule has 0 saturated carbocycles. The summed E-state index contributed by atoms with van der Waals surface area (Å²) in [5.74, 6) is -1.63. The first kappa shape index (κ1) is 28.5. The minimum absolute atomic E-state index is 0.128. The summed E-state index contributed by atoms with van der Waals surface area (Å²) in [4.78, 5) is 14.8. The van der Waals surface area contributed by atoms with Crippen LogP contribution in [0, 0.1) is 11.6 Å². The number of halogens is 5. The van der Waals surface area contributed by atoms with Crippen LogP contribution in [0.5, 0.6) is 5.75 Å². The molecule has 210 valence electrons. The van der Waals surface area contributed by atoms with Gasteiger partial charge in [-0.25, -0.2) is 8.78 Å². The van der Waals surface area contributed by atoms with E-state index < -0.39 is 41.7 Å². The zero-order valence-corrected chi connectivity index (χ0v) is 21.4. The van der Waals surface area contributed by atoms with Crippen molar-refractivity contribution in [2.45, 2.75) is 57.1 Å². The average molecular weight is 553 g/mol. The first-order chi connectivity index (χ1) is 18.5. The van der Waals surface area contributed by atoms with Crippen LogP contribution in [0.3, 0.4) is 0 Å². The molecule has 1 amide bonds. The van der Waals surface area contributed by atoms with Crippen molar-refractivity contribution in [2.75, 3.05) is 19.1 Å². The molecule has 12 heteroatoms. The number of fused-ring (bicyclic) bond motifs is 1. The quantitative estimate of drug-likeness (QED) is 0.307. The van der Waals surface area contributed by atoms with Crippen molar-refractivity contribution in [3.8, 4) is 5.75 Å². The van der Waals surface area contributed by atoms with Crippen molar-refractivity contribution >= 4 is 11.6 Å². The van der Waals surface area contributed by atoms with Gasteiger partial charge in [-0.3, -0.25) is 14.8 Å². The Kier molecular flexibility index (Phi) is 8.55. The summed E-state index contributed by atoms with van der Waals surface area (Å²) in [6.07, 6.45) is -4.39. The van der Waals surface area contributed by atoms with Crippen LogP contribution in [0.15, 0.2) is 42.5 Å². The maximum atomic E-state index is 13.9. The fourth-order valence-corrected chi connectivity index (χ4v) is 4.85. The molecule has 2 atom stereocenters. The van der Waals surface area contributed by atoms with Crippen LogP contribution in [0.4, 0.5) is 27.6 Å². The lowest BCUT2D eigenvalue weighted by atomic mass is 9.95. The summed E-state index contributed by atoms with van der Waals surface area (Å²) >= 11 is 0. The molecule has 3 aromatic rings. The van der Waals surface area contributed by atoms with Crippen molar-refractivity contribution in [3.63, 3.8) is 0 Å². The van der Waals surface area contributed by atoms with Crippen LogP contribution in [-0.2, 0) is 36.8 Å². The molecular weight excluding hydrogens is 523 g/mol. The molecule has 4 rings (SSSR count). The second-order valence-corrected chi connectivity index (χ2v) is 9.47. The highest BCUT2D eigenvalue weighted by Gasteiger charge is 2.39. The number of carbonyl (C=O) groups excluding carboxylic acids is 1. The molecule has 2 N–H and O–H groups in total. The molecule has 7 nitrogen and oxygen atoms in total. The van der Waals surface area contributed by atoms with Crippen molar-refractivity contribution in [3.05, 3.63) is 76.6 Å². The summed E-state index contributed by atoms with van der Waals surface area (Å²) in [6, 6.07) is 8.25.